The number of aromatic nitrogens is 3. The van der Waals surface area contributed by atoms with Gasteiger partial charge >= 0.3 is 12.1 Å². The number of carbonyl (C=O) groups excluding carboxylic acids is 2. The number of hydrogen-bond acceptors (Lipinski definition) is 8. The number of ketones is 1. The maximum Gasteiger partial charge on any atom is 0.430 e. The van der Waals surface area contributed by atoms with Gasteiger partial charge in [0.1, 0.15) is 30.3 Å². The van der Waals surface area contributed by atoms with Gasteiger partial charge < -0.3 is 30.0 Å². The van der Waals surface area contributed by atoms with Crippen molar-refractivity contribution in [2.75, 3.05) is 37.4 Å². The second kappa shape index (κ2) is 10.8. The minimum atomic E-state index is -5.19. The highest BCUT2D eigenvalue weighted by atomic mass is 19.4. The number of carboxylic acids is 1. The van der Waals surface area contributed by atoms with Crippen LogP contribution in [0.5, 0.6) is 11.5 Å². The summed E-state index contributed by atoms with van der Waals surface area (Å²) in [5, 5.41) is 13.2. The van der Waals surface area contributed by atoms with E-state index in [-0.39, 0.29) is 17.7 Å². The van der Waals surface area contributed by atoms with Crippen molar-refractivity contribution >= 4 is 29.0 Å². The zero-order valence-electron chi connectivity index (χ0n) is 21.8. The van der Waals surface area contributed by atoms with Gasteiger partial charge in [-0.2, -0.15) is 17.6 Å². The topological polar surface area (TPSA) is 127 Å². The lowest BCUT2D eigenvalue weighted by molar-refractivity contribution is -0.496. The Balaban J connectivity index is 0.000000505. The molecule has 206 valence electrons. The van der Waals surface area contributed by atoms with Crippen molar-refractivity contribution in [2.24, 2.45) is 0 Å². The number of fused-ring (bicyclic) bond motifs is 2. The fourth-order valence-electron chi connectivity index (χ4n) is 3.86. The normalized spacial score (nSPS) is 13.3. The maximum absolute atomic E-state index is 13.3. The van der Waals surface area contributed by atoms with E-state index in [0.29, 0.717) is 30.5 Å². The number of anilines is 2. The van der Waals surface area contributed by atoms with Gasteiger partial charge in [0.15, 0.2) is 12.3 Å². The Morgan fingerprint density at radius 1 is 1.24 bits per heavy atom. The van der Waals surface area contributed by atoms with Crippen LogP contribution in [0.3, 0.4) is 0 Å². The van der Waals surface area contributed by atoms with Crippen molar-refractivity contribution in [2.45, 2.75) is 45.8 Å². The van der Waals surface area contributed by atoms with Crippen LogP contribution in [0, 0.1) is 0 Å². The Bertz CT molecular complexity index is 1350. The number of halogens is 3. The summed E-state index contributed by atoms with van der Waals surface area (Å²) in [5.41, 5.74) is 9.27. The third kappa shape index (κ3) is 6.26. The Morgan fingerprint density at radius 3 is 2.47 bits per heavy atom. The van der Waals surface area contributed by atoms with E-state index in [9.17, 15) is 18.0 Å². The van der Waals surface area contributed by atoms with Crippen LogP contribution < -0.4 is 29.6 Å². The van der Waals surface area contributed by atoms with E-state index >= 15 is 0 Å². The number of ether oxygens (including phenoxy) is 2. The van der Waals surface area contributed by atoms with E-state index in [4.69, 9.17) is 25.1 Å². The molecule has 2 N–H and O–H groups in total. The summed E-state index contributed by atoms with van der Waals surface area (Å²) < 4.78 is 46.4. The first-order chi connectivity index (χ1) is 17.6. The standard InChI is InChI=1S/C23H30N5O3.C2HF3O2/c1-6-30-16-7-8-20-27(13-16)22(24)25-28(20)14-19(29)15-11-17(23(2,3)4)21-18(12-15)26(5)9-10-31-21;3-2(4,5)1(6)7/h7-8,11-13H,6,9-10,14H2,1-5H3,(H2,24,25);(H,6,7)/q+1;/p-1. The van der Waals surface area contributed by atoms with Gasteiger partial charge in [-0.05, 0) is 30.5 Å². The summed E-state index contributed by atoms with van der Waals surface area (Å²) in [5.74, 6) is -1.17. The number of aliphatic carboxylic acids is 1. The summed E-state index contributed by atoms with van der Waals surface area (Å²) >= 11 is 0. The lowest BCUT2D eigenvalue weighted by Gasteiger charge is -2.33. The van der Waals surface area contributed by atoms with Gasteiger partial charge in [-0.1, -0.05) is 20.8 Å². The predicted molar refractivity (Wildman–Crippen MR) is 130 cm³/mol. The number of carboxylic acid groups (broad SMARTS) is 1. The highest BCUT2D eigenvalue weighted by molar-refractivity contribution is 5.98. The minimum absolute atomic E-state index is 0.0360. The lowest BCUT2D eigenvalue weighted by atomic mass is 9.84. The van der Waals surface area contributed by atoms with Crippen LogP contribution in [0.2, 0.25) is 0 Å². The van der Waals surface area contributed by atoms with Crippen LogP contribution in [0.15, 0.2) is 30.5 Å². The third-order valence-corrected chi connectivity index (χ3v) is 5.75. The lowest BCUT2D eigenvalue weighted by Crippen LogP contribution is -2.37. The van der Waals surface area contributed by atoms with Crippen LogP contribution in [0.25, 0.3) is 5.65 Å². The van der Waals surface area contributed by atoms with Gasteiger partial charge in [0.05, 0.1) is 18.8 Å². The van der Waals surface area contributed by atoms with Crippen molar-refractivity contribution in [3.63, 3.8) is 0 Å². The largest absolute Gasteiger partial charge is 0.542 e. The number of alkyl halides is 3. The molecule has 4 rings (SSSR count). The molecule has 0 atom stereocenters. The summed E-state index contributed by atoms with van der Waals surface area (Å²) in [6.45, 7) is 10.4. The predicted octanol–water partition coefficient (Wildman–Crippen LogP) is 1.91. The van der Waals surface area contributed by atoms with E-state index in [1.165, 1.54) is 0 Å². The number of pyridine rings is 1. The van der Waals surface area contributed by atoms with Gasteiger partial charge in [0.25, 0.3) is 0 Å². The molecule has 1 aliphatic rings. The second-order valence-electron chi connectivity index (χ2n) is 9.64. The number of carbonyl (C=O) groups is 2. The average molecular weight is 538 g/mol. The number of Topliss-reactive ketones (excluding diaryl/α,β-unsaturated/α-hetero) is 1. The number of hydrogen-bond donors (Lipinski definition) is 1. The first-order valence-corrected chi connectivity index (χ1v) is 11.8. The minimum Gasteiger partial charge on any atom is -0.542 e. The van der Waals surface area contributed by atoms with Gasteiger partial charge in [0, 0.05) is 29.3 Å². The van der Waals surface area contributed by atoms with E-state index in [0.717, 1.165) is 29.2 Å². The molecule has 1 aliphatic heterocycles. The smallest absolute Gasteiger partial charge is 0.430 e. The fourth-order valence-corrected chi connectivity index (χ4v) is 3.86. The summed E-state index contributed by atoms with van der Waals surface area (Å²) in [4.78, 5) is 24.2. The molecule has 3 aromatic rings. The van der Waals surface area contributed by atoms with Crippen LogP contribution >= 0.6 is 0 Å². The Morgan fingerprint density at radius 2 is 1.89 bits per heavy atom. The molecule has 0 bridgehead atoms. The van der Waals surface area contributed by atoms with Crippen LogP contribution in [0.4, 0.5) is 24.8 Å². The van der Waals surface area contributed by atoms with Gasteiger partial charge in [-0.15, -0.1) is 4.68 Å². The highest BCUT2D eigenvalue weighted by Gasteiger charge is 2.29. The van der Waals surface area contributed by atoms with Crippen molar-refractivity contribution < 1.29 is 41.7 Å². The van der Waals surface area contributed by atoms with Crippen LogP contribution in [-0.4, -0.2) is 54.5 Å². The third-order valence-electron chi connectivity index (χ3n) is 5.75. The quantitative estimate of drug-likeness (QED) is 0.386. The van der Waals surface area contributed by atoms with Crippen molar-refractivity contribution in [3.8, 4) is 11.5 Å². The molecule has 0 spiro atoms. The molecule has 10 nitrogen and oxygen atoms in total. The molecular weight excluding hydrogens is 507 g/mol. The number of benzene rings is 1. The van der Waals surface area contributed by atoms with E-state index in [1.54, 1.807) is 15.3 Å². The molecule has 0 radical (unpaired) electrons. The Kier molecular flexibility index (Phi) is 8.08. The molecule has 0 aliphatic carbocycles. The zero-order valence-corrected chi connectivity index (χ0v) is 21.8. The number of likely N-dealkylation sites (N-methyl/N-ethyl adjacent to an activating group) is 1. The fraction of sp³-hybridized carbons (Fsp3) is 0.440. The number of rotatable bonds is 5. The SMILES string of the molecule is CCOc1ccc2n(CC(=O)c3cc4c(c(C(C)(C)C)c3)OCCN4C)nc(N)[n+]2c1.O=C([O-])C(F)(F)F. The van der Waals surface area contributed by atoms with Crippen LogP contribution in [0.1, 0.15) is 43.6 Å². The van der Waals surface area contributed by atoms with Crippen molar-refractivity contribution in [3.05, 3.63) is 41.6 Å². The summed E-state index contributed by atoms with van der Waals surface area (Å²) in [6.07, 6.45) is -3.41. The molecule has 1 aromatic carbocycles. The number of nitrogens with zero attached hydrogens (tertiary/aromatic N) is 4. The molecule has 13 heteroatoms. The molecule has 0 saturated carbocycles. The van der Waals surface area contributed by atoms with Gasteiger partial charge in [-0.25, -0.2) is 0 Å². The molecule has 3 heterocycles. The molecule has 0 saturated heterocycles. The van der Waals surface area contributed by atoms with E-state index in [2.05, 4.69) is 30.8 Å². The molecule has 0 fully saturated rings. The Hall–Kier alpha value is -4.03. The van der Waals surface area contributed by atoms with Crippen molar-refractivity contribution in [1.29, 1.82) is 0 Å². The van der Waals surface area contributed by atoms with E-state index < -0.39 is 12.1 Å². The molecule has 2 aromatic heterocycles. The Labute approximate surface area is 217 Å². The van der Waals surface area contributed by atoms with Crippen LogP contribution in [-0.2, 0) is 16.8 Å². The van der Waals surface area contributed by atoms with Crippen molar-refractivity contribution in [1.82, 2.24) is 9.78 Å². The zero-order chi connectivity index (χ0) is 28.4. The average Bonchev–Trinajstić information content (AvgIpc) is 3.12. The maximum atomic E-state index is 13.3. The molecule has 0 unspecified atom stereocenters. The summed E-state index contributed by atoms with van der Waals surface area (Å²) in [7, 11) is 2.02. The molecule has 0 amide bonds. The van der Waals surface area contributed by atoms with Gasteiger partial charge in [0.2, 0.25) is 5.65 Å². The molecule has 38 heavy (non-hydrogen) atoms. The summed E-state index contributed by atoms with van der Waals surface area (Å²) in [6, 6.07) is 7.58. The second-order valence-corrected chi connectivity index (χ2v) is 9.64. The monoisotopic (exact) mass is 537 g/mol. The number of nitrogen functional groups attached to an aromatic ring is 1. The molecular formula is C25H30F3N5O5. The van der Waals surface area contributed by atoms with E-state index in [1.807, 2.05) is 38.2 Å². The first kappa shape index (κ1) is 28.5. The van der Waals surface area contributed by atoms with Gasteiger partial charge in [-0.3, -0.25) is 4.79 Å². The number of nitrogens with two attached hydrogens (primary N) is 1. The highest BCUT2D eigenvalue weighted by Crippen LogP contribution is 2.41. The first-order valence-electron chi connectivity index (χ1n) is 11.8.